The predicted molar refractivity (Wildman–Crippen MR) is 70.7 cm³/mol. The molecular weight excluding hydrogens is 260 g/mol. The first kappa shape index (κ1) is 14.4. The molecule has 114 valence electrons. The number of Topliss-reactive ketones (excluding diaryl/α,β-unsaturated/α-hetero) is 1. The average molecular weight is 284 g/mol. The van der Waals surface area contributed by atoms with Crippen LogP contribution < -0.4 is 0 Å². The molecule has 5 heteroatoms. The van der Waals surface area contributed by atoms with Crippen LogP contribution in [-0.2, 0) is 19.0 Å². The Hall–Kier alpha value is -0.490. The van der Waals surface area contributed by atoms with Crippen molar-refractivity contribution in [3.05, 3.63) is 0 Å². The number of methoxy groups -OCH3 is 2. The van der Waals surface area contributed by atoms with Crippen LogP contribution in [0.15, 0.2) is 0 Å². The van der Waals surface area contributed by atoms with E-state index in [0.717, 1.165) is 0 Å². The summed E-state index contributed by atoms with van der Waals surface area (Å²) < 4.78 is 16.6. The molecule has 2 saturated heterocycles. The van der Waals surface area contributed by atoms with E-state index in [1.807, 2.05) is 0 Å². The van der Waals surface area contributed by atoms with Crippen molar-refractivity contribution in [3.8, 4) is 0 Å². The second-order valence-electron chi connectivity index (χ2n) is 7.51. The quantitative estimate of drug-likeness (QED) is 0.829. The minimum absolute atomic E-state index is 0.0941. The Morgan fingerprint density at radius 3 is 2.30 bits per heavy atom. The number of carbonyl (C=O) groups is 1. The molecule has 2 bridgehead atoms. The zero-order valence-corrected chi connectivity index (χ0v) is 13.0. The number of hydrogen-bond acceptors (Lipinski definition) is 5. The topological polar surface area (TPSA) is 65.0 Å². The fourth-order valence-electron chi connectivity index (χ4n) is 4.74. The highest BCUT2D eigenvalue weighted by molar-refractivity contribution is 5.92. The molecule has 1 N–H and O–H groups in total. The third-order valence-electron chi connectivity index (χ3n) is 6.48. The van der Waals surface area contributed by atoms with Crippen LogP contribution in [0, 0.1) is 22.7 Å². The highest BCUT2D eigenvalue weighted by atomic mass is 16.8. The lowest BCUT2D eigenvalue weighted by molar-refractivity contribution is -0.388. The van der Waals surface area contributed by atoms with Crippen LogP contribution in [0.4, 0.5) is 0 Å². The number of hydrogen-bond donors (Lipinski definition) is 1. The van der Waals surface area contributed by atoms with Gasteiger partial charge in [-0.15, -0.1) is 0 Å². The summed E-state index contributed by atoms with van der Waals surface area (Å²) in [6.45, 7) is 8.32. The molecule has 3 aliphatic rings. The molecule has 0 spiro atoms. The first-order valence-electron chi connectivity index (χ1n) is 7.13. The predicted octanol–water partition coefficient (Wildman–Crippen LogP) is 1.33. The summed E-state index contributed by atoms with van der Waals surface area (Å²) in [5.41, 5.74) is -0.399. The van der Waals surface area contributed by atoms with E-state index in [4.69, 9.17) is 14.2 Å². The van der Waals surface area contributed by atoms with E-state index in [0.29, 0.717) is 0 Å². The molecule has 0 aromatic rings. The van der Waals surface area contributed by atoms with Crippen LogP contribution in [0.5, 0.6) is 0 Å². The summed E-state index contributed by atoms with van der Waals surface area (Å²) in [7, 11) is 2.96. The molecule has 3 fully saturated rings. The van der Waals surface area contributed by atoms with E-state index < -0.39 is 17.7 Å². The van der Waals surface area contributed by atoms with E-state index in [9.17, 15) is 9.90 Å². The molecule has 5 unspecified atom stereocenters. The van der Waals surface area contributed by atoms with Crippen molar-refractivity contribution < 1.29 is 24.1 Å². The first-order chi connectivity index (χ1) is 9.08. The molecule has 5 atom stereocenters. The maximum Gasteiger partial charge on any atom is 0.258 e. The number of ketones is 1. The molecule has 2 heterocycles. The monoisotopic (exact) mass is 284 g/mol. The third kappa shape index (κ3) is 1.22. The summed E-state index contributed by atoms with van der Waals surface area (Å²) in [5.74, 6) is -3.40. The highest BCUT2D eigenvalue weighted by Crippen LogP contribution is 2.73. The van der Waals surface area contributed by atoms with Gasteiger partial charge in [0.1, 0.15) is 6.10 Å². The number of fused-ring (bicyclic) bond motifs is 4. The van der Waals surface area contributed by atoms with Crippen molar-refractivity contribution in [3.63, 3.8) is 0 Å². The van der Waals surface area contributed by atoms with Crippen molar-refractivity contribution in [2.24, 2.45) is 22.7 Å². The van der Waals surface area contributed by atoms with Gasteiger partial charge in [-0.2, -0.15) is 0 Å². The number of aliphatic hydroxyl groups is 1. The second-order valence-corrected chi connectivity index (χ2v) is 7.51. The Bertz CT molecular complexity index is 471. The van der Waals surface area contributed by atoms with Crippen LogP contribution in [-0.4, -0.2) is 42.8 Å². The van der Waals surface area contributed by atoms with Crippen LogP contribution >= 0.6 is 0 Å². The van der Waals surface area contributed by atoms with Crippen molar-refractivity contribution in [2.75, 3.05) is 14.2 Å². The van der Waals surface area contributed by atoms with Crippen molar-refractivity contribution in [1.29, 1.82) is 0 Å². The molecule has 20 heavy (non-hydrogen) atoms. The lowest BCUT2D eigenvalue weighted by atomic mass is 9.37. The van der Waals surface area contributed by atoms with E-state index >= 15 is 0 Å². The molecule has 2 aliphatic heterocycles. The summed E-state index contributed by atoms with van der Waals surface area (Å²) in [4.78, 5) is 13.0. The Balaban J connectivity index is 2.13. The van der Waals surface area contributed by atoms with Gasteiger partial charge in [-0.1, -0.05) is 27.7 Å². The number of rotatable bonds is 2. The van der Waals surface area contributed by atoms with Crippen LogP contribution in [0.25, 0.3) is 0 Å². The minimum Gasteiger partial charge on any atom is -0.375 e. The number of ether oxygens (including phenoxy) is 3. The van der Waals surface area contributed by atoms with Crippen molar-refractivity contribution in [1.82, 2.24) is 0 Å². The lowest BCUT2D eigenvalue weighted by Gasteiger charge is -2.69. The molecule has 1 saturated carbocycles. The average Bonchev–Trinajstić information content (AvgIpc) is 2.64. The van der Waals surface area contributed by atoms with Crippen LogP contribution in [0.1, 0.15) is 34.1 Å². The largest absolute Gasteiger partial charge is 0.375 e. The Morgan fingerprint density at radius 2 is 1.80 bits per heavy atom. The maximum atomic E-state index is 13.0. The SMILES string of the molecule is COC1CC2(O)OC1(OC)C(=O)C1C2C(C)(C)C1(C)C. The van der Waals surface area contributed by atoms with Crippen molar-refractivity contribution in [2.45, 2.75) is 51.8 Å². The summed E-state index contributed by atoms with van der Waals surface area (Å²) in [6, 6.07) is 0. The summed E-state index contributed by atoms with van der Waals surface area (Å²) >= 11 is 0. The molecule has 0 amide bonds. The Kier molecular flexibility index (Phi) is 2.63. The van der Waals surface area contributed by atoms with Gasteiger partial charge >= 0.3 is 0 Å². The fourth-order valence-corrected chi connectivity index (χ4v) is 4.74. The molecule has 3 rings (SSSR count). The van der Waals surface area contributed by atoms with Gasteiger partial charge in [-0.25, -0.2) is 0 Å². The van der Waals surface area contributed by atoms with E-state index in [-0.39, 0.29) is 34.9 Å². The Morgan fingerprint density at radius 1 is 1.20 bits per heavy atom. The van der Waals surface area contributed by atoms with E-state index in [1.165, 1.54) is 14.2 Å². The van der Waals surface area contributed by atoms with Gasteiger partial charge in [0, 0.05) is 32.5 Å². The molecule has 0 aromatic carbocycles. The zero-order valence-electron chi connectivity index (χ0n) is 13.0. The van der Waals surface area contributed by atoms with Crippen molar-refractivity contribution >= 4 is 5.78 Å². The molecule has 0 radical (unpaired) electrons. The lowest BCUT2D eigenvalue weighted by Crippen LogP contribution is -2.75. The van der Waals surface area contributed by atoms with Gasteiger partial charge in [0.05, 0.1) is 0 Å². The van der Waals surface area contributed by atoms with Crippen LogP contribution in [0.3, 0.4) is 0 Å². The van der Waals surface area contributed by atoms with Gasteiger partial charge in [0.2, 0.25) is 0 Å². The molecule has 5 nitrogen and oxygen atoms in total. The summed E-state index contributed by atoms with van der Waals surface area (Å²) in [5, 5.41) is 11.0. The van der Waals surface area contributed by atoms with Gasteiger partial charge in [0.15, 0.2) is 11.6 Å². The normalized spacial score (nSPS) is 51.5. The fraction of sp³-hybridized carbons (Fsp3) is 0.933. The van der Waals surface area contributed by atoms with Gasteiger partial charge < -0.3 is 19.3 Å². The smallest absolute Gasteiger partial charge is 0.258 e. The molecule has 0 aromatic heterocycles. The van der Waals surface area contributed by atoms with Gasteiger partial charge in [-0.3, -0.25) is 4.79 Å². The van der Waals surface area contributed by atoms with E-state index in [1.54, 1.807) is 0 Å². The second kappa shape index (κ2) is 3.64. The standard InChI is InChI=1S/C15H24O5/c1-12(2)9-10(13(12,3)4)14(17)7-8(18-5)15(19-6,20-14)11(9)16/h8-10,17H,7H2,1-6H3. The number of carbonyl (C=O) groups excluding carboxylic acids is 1. The van der Waals surface area contributed by atoms with Crippen LogP contribution in [0.2, 0.25) is 0 Å². The van der Waals surface area contributed by atoms with Gasteiger partial charge in [-0.05, 0) is 10.8 Å². The molecule has 1 aliphatic carbocycles. The highest BCUT2D eigenvalue weighted by Gasteiger charge is 2.81. The summed E-state index contributed by atoms with van der Waals surface area (Å²) in [6.07, 6.45) is -0.300. The van der Waals surface area contributed by atoms with Gasteiger partial charge in [0.25, 0.3) is 5.79 Å². The first-order valence-corrected chi connectivity index (χ1v) is 7.13. The minimum atomic E-state index is -1.46. The third-order valence-corrected chi connectivity index (χ3v) is 6.48. The maximum absolute atomic E-state index is 13.0. The Labute approximate surface area is 119 Å². The van der Waals surface area contributed by atoms with E-state index in [2.05, 4.69) is 27.7 Å². The zero-order chi connectivity index (χ0) is 15.1. The molecular formula is C15H24O5.